The number of rotatable bonds is 7. The predicted octanol–water partition coefficient (Wildman–Crippen LogP) is 3.93. The number of hydrogen-bond acceptors (Lipinski definition) is 6. The normalized spacial score (nSPS) is 15.7. The van der Waals surface area contributed by atoms with Crippen molar-refractivity contribution in [2.24, 2.45) is 5.92 Å². The summed E-state index contributed by atoms with van der Waals surface area (Å²) in [4.78, 5) is 15.1. The molecule has 4 rings (SSSR count). The molecular weight excluding hydrogens is 434 g/mol. The van der Waals surface area contributed by atoms with Crippen LogP contribution in [0.2, 0.25) is 0 Å². The fourth-order valence-electron chi connectivity index (χ4n) is 4.68. The van der Waals surface area contributed by atoms with Crippen molar-refractivity contribution in [2.75, 3.05) is 51.6 Å². The topological polar surface area (TPSA) is 62.8 Å². The zero-order valence-electron chi connectivity index (χ0n) is 20.0. The van der Waals surface area contributed by atoms with E-state index in [1.165, 1.54) is 11.3 Å². The van der Waals surface area contributed by atoms with Gasteiger partial charge < -0.3 is 25.0 Å². The predicted molar refractivity (Wildman–Crippen MR) is 138 cm³/mol. The Morgan fingerprint density at radius 2 is 1.82 bits per heavy atom. The first-order valence-corrected chi connectivity index (χ1v) is 12.6. The molecule has 0 aromatic heterocycles. The third-order valence-corrected chi connectivity index (χ3v) is 6.45. The number of carbonyl (C=O) groups is 1. The third-order valence-electron chi connectivity index (χ3n) is 6.45. The number of hydrogen-bond donors (Lipinski definition) is 3. The highest BCUT2D eigenvalue weighted by Crippen LogP contribution is 2.34. The van der Waals surface area contributed by atoms with Gasteiger partial charge in [-0.05, 0) is 86.8 Å². The van der Waals surface area contributed by atoms with E-state index in [0.29, 0.717) is 12.5 Å². The molecule has 2 heterocycles. The van der Waals surface area contributed by atoms with E-state index in [1.54, 1.807) is 20.5 Å². The number of thiol groups is 1. The van der Waals surface area contributed by atoms with Gasteiger partial charge in [-0.25, -0.2) is 0 Å². The molecule has 0 bridgehead atoms. The van der Waals surface area contributed by atoms with Gasteiger partial charge in [0.05, 0.1) is 26.3 Å². The van der Waals surface area contributed by atoms with E-state index < -0.39 is 0 Å². The molecule has 2 aromatic carbocycles. The van der Waals surface area contributed by atoms with Crippen LogP contribution in [0.4, 0.5) is 5.69 Å². The fraction of sp³-hybridized carbons (Fsp3) is 0.500. The summed E-state index contributed by atoms with van der Waals surface area (Å²) in [5.41, 5.74) is 4.22. The van der Waals surface area contributed by atoms with Crippen molar-refractivity contribution in [3.8, 4) is 11.5 Å². The molecule has 2 N–H and O–H groups in total. The SMILES string of the molecule is COc1cccc(OC)c1CN1CCCc2cc(C(=O)NCC3CCNCC3)ccc21.CS. The van der Waals surface area contributed by atoms with Gasteiger partial charge in [0.2, 0.25) is 0 Å². The number of benzene rings is 2. The molecule has 33 heavy (non-hydrogen) atoms. The Balaban J connectivity index is 0.00000149. The summed E-state index contributed by atoms with van der Waals surface area (Å²) < 4.78 is 11.2. The van der Waals surface area contributed by atoms with E-state index in [9.17, 15) is 4.79 Å². The van der Waals surface area contributed by atoms with Crippen LogP contribution in [-0.4, -0.2) is 52.6 Å². The second-order valence-corrected chi connectivity index (χ2v) is 8.41. The Bertz CT molecular complexity index is 893. The first-order valence-electron chi connectivity index (χ1n) is 11.7. The zero-order valence-corrected chi connectivity index (χ0v) is 20.9. The minimum Gasteiger partial charge on any atom is -0.496 e. The average Bonchev–Trinajstić information content (AvgIpc) is 2.89. The van der Waals surface area contributed by atoms with E-state index >= 15 is 0 Å². The summed E-state index contributed by atoms with van der Waals surface area (Å²) in [5.74, 6) is 2.28. The van der Waals surface area contributed by atoms with Crippen LogP contribution in [-0.2, 0) is 13.0 Å². The van der Waals surface area contributed by atoms with Gasteiger partial charge in [-0.15, -0.1) is 0 Å². The molecule has 1 amide bonds. The van der Waals surface area contributed by atoms with E-state index in [0.717, 1.165) is 74.5 Å². The number of piperidine rings is 1. The molecule has 1 saturated heterocycles. The minimum atomic E-state index is 0.0323. The molecular formula is C26H37N3O3S. The molecule has 1 fully saturated rings. The zero-order chi connectivity index (χ0) is 23.6. The highest BCUT2D eigenvalue weighted by Gasteiger charge is 2.22. The van der Waals surface area contributed by atoms with Crippen molar-refractivity contribution in [1.29, 1.82) is 0 Å². The molecule has 0 radical (unpaired) electrons. The quantitative estimate of drug-likeness (QED) is 0.534. The van der Waals surface area contributed by atoms with Crippen LogP contribution in [0.25, 0.3) is 0 Å². The van der Waals surface area contributed by atoms with Crippen LogP contribution in [0.5, 0.6) is 11.5 Å². The van der Waals surface area contributed by atoms with Gasteiger partial charge in [0.25, 0.3) is 5.91 Å². The monoisotopic (exact) mass is 471 g/mol. The van der Waals surface area contributed by atoms with Gasteiger partial charge in [0.1, 0.15) is 11.5 Å². The van der Waals surface area contributed by atoms with E-state index in [2.05, 4.69) is 40.3 Å². The lowest BCUT2D eigenvalue weighted by Gasteiger charge is -2.32. The molecule has 180 valence electrons. The summed E-state index contributed by atoms with van der Waals surface area (Å²) in [6.07, 6.45) is 6.01. The average molecular weight is 472 g/mol. The van der Waals surface area contributed by atoms with Gasteiger partial charge in [-0.1, -0.05) is 6.07 Å². The van der Waals surface area contributed by atoms with Crippen LogP contribution in [0.15, 0.2) is 36.4 Å². The lowest BCUT2D eigenvalue weighted by molar-refractivity contribution is 0.0944. The highest BCUT2D eigenvalue weighted by molar-refractivity contribution is 7.79. The maximum Gasteiger partial charge on any atom is 0.251 e. The number of ether oxygens (including phenoxy) is 2. The van der Waals surface area contributed by atoms with Crippen molar-refractivity contribution in [3.05, 3.63) is 53.1 Å². The van der Waals surface area contributed by atoms with Crippen molar-refractivity contribution in [3.63, 3.8) is 0 Å². The minimum absolute atomic E-state index is 0.0323. The number of amides is 1. The van der Waals surface area contributed by atoms with E-state index in [1.807, 2.05) is 24.3 Å². The molecule has 6 nitrogen and oxygen atoms in total. The summed E-state index contributed by atoms with van der Waals surface area (Å²) in [7, 11) is 3.38. The van der Waals surface area contributed by atoms with Crippen LogP contribution < -0.4 is 25.0 Å². The van der Waals surface area contributed by atoms with Crippen LogP contribution >= 0.6 is 12.6 Å². The number of fused-ring (bicyclic) bond motifs is 1. The van der Waals surface area contributed by atoms with E-state index in [4.69, 9.17) is 9.47 Å². The summed E-state index contributed by atoms with van der Waals surface area (Å²) in [6.45, 7) is 4.53. The largest absolute Gasteiger partial charge is 0.496 e. The maximum atomic E-state index is 12.7. The van der Waals surface area contributed by atoms with Crippen LogP contribution in [0.3, 0.4) is 0 Å². The Morgan fingerprint density at radius 3 is 2.48 bits per heavy atom. The number of aryl methyl sites for hydroxylation is 1. The van der Waals surface area contributed by atoms with Crippen LogP contribution in [0.1, 0.15) is 40.7 Å². The number of nitrogens with zero attached hydrogens (tertiary/aromatic N) is 1. The maximum absolute atomic E-state index is 12.7. The van der Waals surface area contributed by atoms with Crippen molar-refractivity contribution >= 4 is 24.2 Å². The fourth-order valence-corrected chi connectivity index (χ4v) is 4.68. The Labute approximate surface area is 203 Å². The summed E-state index contributed by atoms with van der Waals surface area (Å²) >= 11 is 3.53. The third kappa shape index (κ3) is 6.36. The smallest absolute Gasteiger partial charge is 0.251 e. The number of methoxy groups -OCH3 is 2. The summed E-state index contributed by atoms with van der Waals surface area (Å²) in [6, 6.07) is 12.0. The van der Waals surface area contributed by atoms with Gasteiger partial charge in [-0.3, -0.25) is 4.79 Å². The van der Waals surface area contributed by atoms with Crippen molar-refractivity contribution in [2.45, 2.75) is 32.2 Å². The summed E-state index contributed by atoms with van der Waals surface area (Å²) in [5, 5.41) is 6.51. The number of nitrogens with one attached hydrogen (secondary N) is 2. The molecule has 0 spiro atoms. The highest BCUT2D eigenvalue weighted by atomic mass is 32.1. The number of anilines is 1. The molecule has 0 saturated carbocycles. The van der Waals surface area contributed by atoms with Crippen LogP contribution in [0, 0.1) is 5.92 Å². The van der Waals surface area contributed by atoms with E-state index in [-0.39, 0.29) is 5.91 Å². The standard InChI is InChI=1S/C25H33N3O3.CH4S/c1-30-23-6-3-7-24(31-2)21(23)17-28-14-4-5-19-15-20(8-9-22(19)28)25(29)27-16-18-10-12-26-13-11-18;1-2/h3,6-9,15,18,26H,4-5,10-14,16-17H2,1-2H3,(H,27,29);2H,1H3. The molecule has 0 unspecified atom stereocenters. The Kier molecular flexibility index (Phi) is 9.76. The van der Waals surface area contributed by atoms with Gasteiger partial charge in [0.15, 0.2) is 0 Å². The molecule has 0 atom stereocenters. The number of carbonyl (C=O) groups excluding carboxylic acids is 1. The molecule has 0 aliphatic carbocycles. The first-order chi connectivity index (χ1) is 16.2. The molecule has 2 aliphatic heterocycles. The van der Waals surface area contributed by atoms with Gasteiger partial charge >= 0.3 is 0 Å². The Hall–Kier alpha value is -2.38. The van der Waals surface area contributed by atoms with Crippen molar-refractivity contribution < 1.29 is 14.3 Å². The Morgan fingerprint density at radius 1 is 1.12 bits per heavy atom. The van der Waals surface area contributed by atoms with Crippen molar-refractivity contribution in [1.82, 2.24) is 10.6 Å². The second-order valence-electron chi connectivity index (χ2n) is 8.41. The molecule has 7 heteroatoms. The first kappa shape index (κ1) is 25.2. The molecule has 2 aliphatic rings. The second kappa shape index (κ2) is 12.8. The lowest BCUT2D eigenvalue weighted by atomic mass is 9.97. The van der Waals surface area contributed by atoms with Gasteiger partial charge in [0, 0.05) is 24.3 Å². The van der Waals surface area contributed by atoms with Gasteiger partial charge in [-0.2, -0.15) is 12.6 Å². The lowest BCUT2D eigenvalue weighted by Crippen LogP contribution is -2.36. The molecule has 2 aromatic rings.